The molecule has 0 bridgehead atoms. The van der Waals surface area contributed by atoms with Gasteiger partial charge in [-0.25, -0.2) is 16.8 Å². The molecular weight excluding hydrogens is 436 g/mol. The summed E-state index contributed by atoms with van der Waals surface area (Å²) in [6, 6.07) is 8.01. The second kappa shape index (κ2) is 9.18. The van der Waals surface area contributed by atoms with Crippen LogP contribution < -0.4 is 9.46 Å². The maximum atomic E-state index is 13.3. The predicted molar refractivity (Wildman–Crippen MR) is 122 cm³/mol. The van der Waals surface area contributed by atoms with E-state index in [4.69, 9.17) is 4.74 Å². The van der Waals surface area contributed by atoms with Crippen LogP contribution in [0.1, 0.15) is 42.9 Å². The van der Waals surface area contributed by atoms with Crippen LogP contribution in [-0.4, -0.2) is 40.8 Å². The van der Waals surface area contributed by atoms with Gasteiger partial charge >= 0.3 is 0 Å². The Balaban J connectivity index is 2.03. The molecule has 1 saturated heterocycles. The van der Waals surface area contributed by atoms with E-state index in [1.807, 2.05) is 19.1 Å². The van der Waals surface area contributed by atoms with E-state index >= 15 is 0 Å². The van der Waals surface area contributed by atoms with Crippen LogP contribution in [0.15, 0.2) is 40.1 Å². The molecule has 1 fully saturated rings. The van der Waals surface area contributed by atoms with Crippen LogP contribution >= 0.6 is 0 Å². The van der Waals surface area contributed by atoms with Crippen LogP contribution in [0.2, 0.25) is 0 Å². The summed E-state index contributed by atoms with van der Waals surface area (Å²) in [6.07, 6.45) is 2.61. The minimum Gasteiger partial charge on any atom is -0.492 e. The fraction of sp³-hybridized carbons (Fsp3) is 0.455. The maximum absolute atomic E-state index is 13.3. The first-order valence-corrected chi connectivity index (χ1v) is 13.4. The van der Waals surface area contributed by atoms with E-state index in [0.29, 0.717) is 30.8 Å². The molecule has 0 radical (unpaired) electrons. The first kappa shape index (κ1) is 23.6. The van der Waals surface area contributed by atoms with E-state index in [-0.39, 0.29) is 21.2 Å². The smallest absolute Gasteiger partial charge is 0.262 e. The van der Waals surface area contributed by atoms with Gasteiger partial charge in [0.15, 0.2) is 0 Å². The highest BCUT2D eigenvalue weighted by atomic mass is 32.2. The van der Waals surface area contributed by atoms with Crippen molar-refractivity contribution >= 4 is 25.7 Å². The molecule has 9 heteroatoms. The van der Waals surface area contributed by atoms with Crippen LogP contribution in [0.4, 0.5) is 5.69 Å². The van der Waals surface area contributed by atoms with Gasteiger partial charge in [0.25, 0.3) is 10.0 Å². The van der Waals surface area contributed by atoms with E-state index in [1.165, 1.54) is 22.5 Å². The summed E-state index contributed by atoms with van der Waals surface area (Å²) in [5, 5.41) is 0. The third kappa shape index (κ3) is 5.05. The Morgan fingerprint density at radius 2 is 1.55 bits per heavy atom. The number of hydrogen-bond donors (Lipinski definition) is 1. The van der Waals surface area contributed by atoms with Crippen molar-refractivity contribution in [2.75, 3.05) is 24.4 Å². The average Bonchev–Trinajstić information content (AvgIpc) is 2.68. The van der Waals surface area contributed by atoms with Crippen LogP contribution in [-0.2, 0) is 20.0 Å². The molecule has 0 unspecified atom stereocenters. The lowest BCUT2D eigenvalue weighted by atomic mass is 10.1. The zero-order chi connectivity index (χ0) is 22.8. The molecule has 2 aromatic carbocycles. The molecule has 1 aliphatic heterocycles. The molecule has 3 rings (SSSR count). The van der Waals surface area contributed by atoms with Gasteiger partial charge in [-0.15, -0.1) is 0 Å². The summed E-state index contributed by atoms with van der Waals surface area (Å²) in [4.78, 5) is 0.182. The lowest BCUT2D eigenvalue weighted by Gasteiger charge is -2.27. The number of aryl methyl sites for hydroxylation is 3. The monoisotopic (exact) mass is 466 g/mol. The van der Waals surface area contributed by atoms with Crippen molar-refractivity contribution in [2.24, 2.45) is 0 Å². The molecule has 0 atom stereocenters. The zero-order valence-corrected chi connectivity index (χ0v) is 20.1. The van der Waals surface area contributed by atoms with Gasteiger partial charge in [0, 0.05) is 13.1 Å². The Hall–Kier alpha value is -2.10. The van der Waals surface area contributed by atoms with Crippen molar-refractivity contribution in [2.45, 2.75) is 56.7 Å². The van der Waals surface area contributed by atoms with Gasteiger partial charge in [-0.2, -0.15) is 4.31 Å². The normalized spacial score (nSPS) is 15.6. The number of nitrogens with one attached hydrogen (secondary N) is 1. The fourth-order valence-corrected chi connectivity index (χ4v) is 7.27. The number of anilines is 1. The topological polar surface area (TPSA) is 92.8 Å². The highest BCUT2D eigenvalue weighted by Crippen LogP contribution is 2.33. The number of rotatable bonds is 7. The number of hydrogen-bond acceptors (Lipinski definition) is 5. The van der Waals surface area contributed by atoms with Crippen molar-refractivity contribution in [1.29, 1.82) is 0 Å². The Morgan fingerprint density at radius 1 is 0.935 bits per heavy atom. The van der Waals surface area contributed by atoms with E-state index in [1.54, 1.807) is 20.8 Å². The van der Waals surface area contributed by atoms with Crippen molar-refractivity contribution in [3.8, 4) is 5.75 Å². The van der Waals surface area contributed by atoms with Gasteiger partial charge in [-0.05, 0) is 69.9 Å². The minimum atomic E-state index is -3.90. The van der Waals surface area contributed by atoms with Gasteiger partial charge < -0.3 is 4.74 Å². The fourth-order valence-electron chi connectivity index (χ4n) is 4.09. The Labute approximate surface area is 185 Å². The maximum Gasteiger partial charge on any atom is 0.262 e. The molecule has 2 aromatic rings. The molecule has 31 heavy (non-hydrogen) atoms. The Kier molecular flexibility index (Phi) is 6.98. The van der Waals surface area contributed by atoms with Crippen molar-refractivity contribution < 1.29 is 21.6 Å². The first-order chi connectivity index (χ1) is 14.6. The highest BCUT2D eigenvalue weighted by Gasteiger charge is 2.30. The van der Waals surface area contributed by atoms with Gasteiger partial charge in [0.05, 0.1) is 17.2 Å². The summed E-state index contributed by atoms with van der Waals surface area (Å²) >= 11 is 0. The van der Waals surface area contributed by atoms with E-state index in [2.05, 4.69) is 4.72 Å². The molecule has 1 heterocycles. The summed E-state index contributed by atoms with van der Waals surface area (Å²) in [7, 11) is -7.71. The number of benzene rings is 2. The van der Waals surface area contributed by atoms with E-state index in [9.17, 15) is 16.8 Å². The third-order valence-corrected chi connectivity index (χ3v) is 8.91. The van der Waals surface area contributed by atoms with Gasteiger partial charge in [0.2, 0.25) is 10.0 Å². The lowest BCUT2D eigenvalue weighted by Crippen LogP contribution is -2.35. The lowest BCUT2D eigenvalue weighted by molar-refractivity contribution is 0.323. The molecule has 0 saturated carbocycles. The summed E-state index contributed by atoms with van der Waals surface area (Å²) < 4.78 is 62.4. The number of ether oxygens (including phenoxy) is 1. The molecule has 1 N–H and O–H groups in total. The Bertz CT molecular complexity index is 1150. The molecule has 0 aliphatic carbocycles. The summed E-state index contributed by atoms with van der Waals surface area (Å²) in [6.45, 7) is 8.38. The van der Waals surface area contributed by atoms with Gasteiger partial charge in [-0.3, -0.25) is 4.72 Å². The van der Waals surface area contributed by atoms with Crippen LogP contribution in [0.5, 0.6) is 5.75 Å². The van der Waals surface area contributed by atoms with Gasteiger partial charge in [-0.1, -0.05) is 24.1 Å². The molecule has 170 valence electrons. The summed E-state index contributed by atoms with van der Waals surface area (Å²) in [5.41, 5.74) is 2.43. The number of nitrogens with zero attached hydrogens (tertiary/aromatic N) is 1. The zero-order valence-electron chi connectivity index (χ0n) is 18.4. The Morgan fingerprint density at radius 3 is 2.13 bits per heavy atom. The second-order valence-corrected chi connectivity index (χ2v) is 11.4. The van der Waals surface area contributed by atoms with E-state index < -0.39 is 20.0 Å². The quantitative estimate of drug-likeness (QED) is 0.666. The van der Waals surface area contributed by atoms with Crippen LogP contribution in [0.25, 0.3) is 0 Å². The molecular formula is C22H30N2O5S2. The number of sulfonamides is 2. The molecule has 0 aromatic heterocycles. The van der Waals surface area contributed by atoms with Gasteiger partial charge in [0.1, 0.15) is 10.6 Å². The molecule has 0 spiro atoms. The van der Waals surface area contributed by atoms with Crippen LogP contribution in [0, 0.1) is 20.8 Å². The predicted octanol–water partition coefficient (Wildman–Crippen LogP) is 3.99. The summed E-state index contributed by atoms with van der Waals surface area (Å²) in [5.74, 6) is 0.221. The molecule has 7 nitrogen and oxygen atoms in total. The van der Waals surface area contributed by atoms with E-state index in [0.717, 1.165) is 24.8 Å². The van der Waals surface area contributed by atoms with Crippen LogP contribution in [0.3, 0.4) is 0 Å². The third-order valence-electron chi connectivity index (χ3n) is 5.30. The second-order valence-electron chi connectivity index (χ2n) is 7.89. The molecule has 1 aliphatic rings. The van der Waals surface area contributed by atoms with Crippen molar-refractivity contribution in [3.63, 3.8) is 0 Å². The van der Waals surface area contributed by atoms with Crippen molar-refractivity contribution in [1.82, 2.24) is 4.31 Å². The molecule has 0 amide bonds. The largest absolute Gasteiger partial charge is 0.492 e. The number of piperidine rings is 1. The minimum absolute atomic E-state index is 0.0196. The van der Waals surface area contributed by atoms with Crippen molar-refractivity contribution in [3.05, 3.63) is 47.0 Å². The highest BCUT2D eigenvalue weighted by molar-refractivity contribution is 7.92. The SMILES string of the molecule is CCOc1ccc(NS(=O)(=O)c2c(C)cc(C)cc2C)cc1S(=O)(=O)N1CCCCC1. The average molecular weight is 467 g/mol. The first-order valence-electron chi connectivity index (χ1n) is 10.4. The standard InChI is InChI=1S/C22H30N2O5S2/c1-5-29-20-10-9-19(15-21(20)31(27,28)24-11-7-6-8-12-24)23-30(25,26)22-17(3)13-16(2)14-18(22)4/h9-10,13-15,23H,5-8,11-12H2,1-4H3.